The second-order valence-corrected chi connectivity index (χ2v) is 7.13. The standard InChI is InChI=1S/C17H21N3O2S/c1-10(6-7-13-5-4-8-22-13)20-9-14(21)15(16(20)18)17-19-11(2)12(3)23-17/h4-5,8,10,18,21H,6-7,9H2,1-3H3. The average Bonchev–Trinajstić information content (AvgIpc) is 3.19. The highest BCUT2D eigenvalue weighted by Gasteiger charge is 2.33. The van der Waals surface area contributed by atoms with E-state index in [0.29, 0.717) is 18.0 Å². The first-order valence-corrected chi connectivity index (χ1v) is 8.53. The molecule has 2 N–H and O–H groups in total. The number of aryl methyl sites for hydroxylation is 3. The van der Waals surface area contributed by atoms with Gasteiger partial charge in [-0.3, -0.25) is 5.41 Å². The molecule has 5 nitrogen and oxygen atoms in total. The number of furan rings is 1. The molecular weight excluding hydrogens is 310 g/mol. The summed E-state index contributed by atoms with van der Waals surface area (Å²) in [6.07, 6.45) is 3.37. The average molecular weight is 331 g/mol. The third-order valence-electron chi connectivity index (χ3n) is 4.30. The summed E-state index contributed by atoms with van der Waals surface area (Å²) in [7, 11) is 0. The summed E-state index contributed by atoms with van der Waals surface area (Å²) in [5.41, 5.74) is 1.54. The van der Waals surface area contributed by atoms with E-state index in [1.807, 2.05) is 30.9 Å². The highest BCUT2D eigenvalue weighted by Crippen LogP contribution is 2.32. The Morgan fingerprint density at radius 3 is 2.87 bits per heavy atom. The Morgan fingerprint density at radius 2 is 2.26 bits per heavy atom. The van der Waals surface area contributed by atoms with Gasteiger partial charge in [0.15, 0.2) is 0 Å². The largest absolute Gasteiger partial charge is 0.510 e. The molecule has 2 aromatic rings. The van der Waals surface area contributed by atoms with Gasteiger partial charge >= 0.3 is 0 Å². The minimum atomic E-state index is 0.148. The lowest BCUT2D eigenvalue weighted by Gasteiger charge is -2.26. The van der Waals surface area contributed by atoms with E-state index in [2.05, 4.69) is 11.9 Å². The molecule has 1 aliphatic rings. The van der Waals surface area contributed by atoms with E-state index >= 15 is 0 Å². The van der Waals surface area contributed by atoms with Gasteiger partial charge in [-0.25, -0.2) is 4.98 Å². The third kappa shape index (κ3) is 3.03. The number of aliphatic hydroxyl groups is 1. The Labute approximate surface area is 139 Å². The van der Waals surface area contributed by atoms with Crippen molar-refractivity contribution in [3.8, 4) is 0 Å². The summed E-state index contributed by atoms with van der Waals surface area (Å²) in [4.78, 5) is 7.54. The fourth-order valence-corrected chi connectivity index (χ4v) is 3.72. The molecule has 2 aromatic heterocycles. The molecule has 0 spiro atoms. The van der Waals surface area contributed by atoms with Crippen LogP contribution in [0.2, 0.25) is 0 Å². The summed E-state index contributed by atoms with van der Waals surface area (Å²) in [6.45, 7) is 6.42. The van der Waals surface area contributed by atoms with Crippen molar-refractivity contribution in [1.82, 2.24) is 9.88 Å². The van der Waals surface area contributed by atoms with Gasteiger partial charge in [-0.2, -0.15) is 0 Å². The van der Waals surface area contributed by atoms with Gasteiger partial charge < -0.3 is 14.4 Å². The molecule has 1 aliphatic heterocycles. The number of aliphatic hydroxyl groups excluding tert-OH is 1. The van der Waals surface area contributed by atoms with Crippen molar-refractivity contribution in [3.63, 3.8) is 0 Å². The maximum Gasteiger partial charge on any atom is 0.135 e. The molecule has 0 amide bonds. The molecule has 6 heteroatoms. The normalized spacial score (nSPS) is 16.5. The summed E-state index contributed by atoms with van der Waals surface area (Å²) >= 11 is 1.53. The smallest absolute Gasteiger partial charge is 0.135 e. The highest BCUT2D eigenvalue weighted by atomic mass is 32.1. The van der Waals surface area contributed by atoms with Crippen molar-refractivity contribution < 1.29 is 9.52 Å². The lowest BCUT2D eigenvalue weighted by atomic mass is 10.1. The topological polar surface area (TPSA) is 73.4 Å². The molecule has 122 valence electrons. The van der Waals surface area contributed by atoms with Crippen molar-refractivity contribution in [2.75, 3.05) is 6.54 Å². The molecule has 3 heterocycles. The van der Waals surface area contributed by atoms with Crippen LogP contribution in [-0.4, -0.2) is 33.4 Å². The van der Waals surface area contributed by atoms with Gasteiger partial charge in [0, 0.05) is 17.3 Å². The van der Waals surface area contributed by atoms with Crippen LogP contribution in [-0.2, 0) is 6.42 Å². The van der Waals surface area contributed by atoms with Gasteiger partial charge in [-0.1, -0.05) is 0 Å². The van der Waals surface area contributed by atoms with E-state index < -0.39 is 0 Å². The first-order valence-electron chi connectivity index (χ1n) is 7.71. The van der Waals surface area contributed by atoms with Crippen LogP contribution in [0, 0.1) is 19.3 Å². The van der Waals surface area contributed by atoms with Gasteiger partial charge in [0.25, 0.3) is 0 Å². The molecule has 1 atom stereocenters. The van der Waals surface area contributed by atoms with E-state index in [9.17, 15) is 5.11 Å². The molecule has 0 radical (unpaired) electrons. The van der Waals surface area contributed by atoms with E-state index in [-0.39, 0.29) is 11.8 Å². The molecule has 0 aliphatic carbocycles. The first kappa shape index (κ1) is 15.8. The van der Waals surface area contributed by atoms with Crippen LogP contribution in [0.4, 0.5) is 0 Å². The number of rotatable bonds is 5. The number of aromatic nitrogens is 1. The molecule has 3 rings (SSSR count). The van der Waals surface area contributed by atoms with E-state index in [1.165, 1.54) is 11.3 Å². The van der Waals surface area contributed by atoms with Crippen molar-refractivity contribution in [1.29, 1.82) is 5.41 Å². The predicted octanol–water partition coefficient (Wildman–Crippen LogP) is 3.94. The maximum absolute atomic E-state index is 10.3. The van der Waals surface area contributed by atoms with Gasteiger partial charge in [0.05, 0.1) is 24.1 Å². The summed E-state index contributed by atoms with van der Waals surface area (Å²) in [5.74, 6) is 1.56. The number of thiazole rings is 1. The van der Waals surface area contributed by atoms with Crippen LogP contribution < -0.4 is 0 Å². The van der Waals surface area contributed by atoms with Crippen molar-refractivity contribution in [3.05, 3.63) is 45.5 Å². The SMILES string of the molecule is Cc1nc(C2=C(O)CN(C(C)CCc3ccco3)C2=N)sc1C. The predicted molar refractivity (Wildman–Crippen MR) is 92.1 cm³/mol. The van der Waals surface area contributed by atoms with Crippen molar-refractivity contribution >= 4 is 22.7 Å². The molecule has 0 saturated carbocycles. The fraction of sp³-hybridized carbons (Fsp3) is 0.412. The number of hydrogen-bond acceptors (Lipinski definition) is 5. The molecule has 0 aromatic carbocycles. The third-order valence-corrected chi connectivity index (χ3v) is 5.39. The van der Waals surface area contributed by atoms with E-state index in [4.69, 9.17) is 9.83 Å². The van der Waals surface area contributed by atoms with Gasteiger partial charge in [0.1, 0.15) is 22.4 Å². The molecule has 0 fully saturated rings. The molecular formula is C17H21N3O2S. The summed E-state index contributed by atoms with van der Waals surface area (Å²) < 4.78 is 5.36. The second kappa shape index (κ2) is 6.20. The fourth-order valence-electron chi connectivity index (χ4n) is 2.74. The zero-order valence-corrected chi connectivity index (χ0v) is 14.4. The van der Waals surface area contributed by atoms with Crippen LogP contribution in [0.15, 0.2) is 28.6 Å². The van der Waals surface area contributed by atoms with Crippen LogP contribution in [0.5, 0.6) is 0 Å². The monoisotopic (exact) mass is 331 g/mol. The number of hydrogen-bond donors (Lipinski definition) is 2. The lowest BCUT2D eigenvalue weighted by molar-refractivity contribution is 0.293. The number of amidine groups is 1. The van der Waals surface area contributed by atoms with Gasteiger partial charge in [0.2, 0.25) is 0 Å². The van der Waals surface area contributed by atoms with Crippen LogP contribution in [0.3, 0.4) is 0 Å². The molecule has 1 unspecified atom stereocenters. The summed E-state index contributed by atoms with van der Waals surface area (Å²) in [6, 6.07) is 4.00. The number of nitrogens with one attached hydrogen (secondary N) is 1. The van der Waals surface area contributed by atoms with Gasteiger partial charge in [-0.05, 0) is 39.3 Å². The Balaban J connectivity index is 1.71. The zero-order chi connectivity index (χ0) is 16.6. The Bertz CT molecular complexity index is 726. The molecule has 0 saturated heterocycles. The van der Waals surface area contributed by atoms with E-state index in [0.717, 1.165) is 34.2 Å². The van der Waals surface area contributed by atoms with Crippen molar-refractivity contribution in [2.45, 2.75) is 39.7 Å². The lowest BCUT2D eigenvalue weighted by Crippen LogP contribution is -2.35. The van der Waals surface area contributed by atoms with Crippen LogP contribution in [0.25, 0.3) is 5.57 Å². The maximum atomic E-state index is 10.3. The minimum Gasteiger partial charge on any atom is -0.510 e. The van der Waals surface area contributed by atoms with Crippen LogP contribution in [0.1, 0.15) is 34.7 Å². The van der Waals surface area contributed by atoms with Gasteiger partial charge in [-0.15, -0.1) is 11.3 Å². The highest BCUT2D eigenvalue weighted by molar-refractivity contribution is 7.13. The van der Waals surface area contributed by atoms with Crippen molar-refractivity contribution in [2.24, 2.45) is 0 Å². The Hall–Kier alpha value is -2.08. The summed E-state index contributed by atoms with van der Waals surface area (Å²) in [5, 5.41) is 19.5. The second-order valence-electron chi connectivity index (χ2n) is 5.93. The zero-order valence-electron chi connectivity index (χ0n) is 13.6. The minimum absolute atomic E-state index is 0.148. The Morgan fingerprint density at radius 1 is 1.48 bits per heavy atom. The molecule has 23 heavy (non-hydrogen) atoms. The van der Waals surface area contributed by atoms with Crippen LogP contribution >= 0.6 is 11.3 Å². The Kier molecular flexibility index (Phi) is 4.26. The quantitative estimate of drug-likeness (QED) is 0.870. The van der Waals surface area contributed by atoms with E-state index in [1.54, 1.807) is 6.26 Å². The first-order chi connectivity index (χ1) is 11.0. The molecule has 0 bridgehead atoms. The number of nitrogens with zero attached hydrogens (tertiary/aromatic N) is 2.